The van der Waals surface area contributed by atoms with Gasteiger partial charge >= 0.3 is 0 Å². The summed E-state index contributed by atoms with van der Waals surface area (Å²) in [5.74, 6) is 0.0707. The largest absolute Gasteiger partial charge is 0.494 e. The van der Waals surface area contributed by atoms with Gasteiger partial charge in [-0.25, -0.2) is 4.39 Å². The smallest absolute Gasteiger partial charge is 0.243 e. The van der Waals surface area contributed by atoms with E-state index in [1.54, 1.807) is 12.1 Å². The molecular formula is C21H27FN2O2. The Labute approximate surface area is 154 Å². The summed E-state index contributed by atoms with van der Waals surface area (Å²) in [7, 11) is 0. The molecule has 0 saturated heterocycles. The third-order valence-corrected chi connectivity index (χ3v) is 3.97. The molecule has 0 bridgehead atoms. The van der Waals surface area contributed by atoms with Gasteiger partial charge in [-0.2, -0.15) is 0 Å². The lowest BCUT2D eigenvalue weighted by atomic mass is 10.2. The van der Waals surface area contributed by atoms with Crippen LogP contribution in [0.1, 0.15) is 39.0 Å². The summed E-state index contributed by atoms with van der Waals surface area (Å²) in [5.41, 5.74) is 0.992. The van der Waals surface area contributed by atoms with Gasteiger partial charge in [0, 0.05) is 5.69 Å². The van der Waals surface area contributed by atoms with E-state index in [1.165, 1.54) is 37.8 Å². The molecule has 0 heterocycles. The van der Waals surface area contributed by atoms with E-state index in [4.69, 9.17) is 4.74 Å². The predicted molar refractivity (Wildman–Crippen MR) is 104 cm³/mol. The fourth-order valence-electron chi connectivity index (χ4n) is 2.50. The van der Waals surface area contributed by atoms with E-state index < -0.39 is 5.82 Å². The van der Waals surface area contributed by atoms with Crippen LogP contribution < -0.4 is 15.4 Å². The van der Waals surface area contributed by atoms with E-state index in [0.29, 0.717) is 0 Å². The summed E-state index contributed by atoms with van der Waals surface area (Å²) in [6, 6.07) is 13.6. The van der Waals surface area contributed by atoms with E-state index in [2.05, 4.69) is 17.6 Å². The van der Waals surface area contributed by atoms with Crippen LogP contribution in [0.25, 0.3) is 0 Å². The summed E-state index contributed by atoms with van der Waals surface area (Å²) in [6.45, 7) is 2.99. The Balaban J connectivity index is 1.68. The minimum Gasteiger partial charge on any atom is -0.494 e. The molecular weight excluding hydrogens is 331 g/mol. The van der Waals surface area contributed by atoms with Crippen LogP contribution in [0.2, 0.25) is 0 Å². The predicted octanol–water partition coefficient (Wildman–Crippen LogP) is 5.23. The Morgan fingerprint density at radius 1 is 1.00 bits per heavy atom. The van der Waals surface area contributed by atoms with Crippen molar-refractivity contribution in [2.45, 2.75) is 39.0 Å². The Morgan fingerprint density at radius 2 is 1.73 bits per heavy atom. The fraction of sp³-hybridized carbons (Fsp3) is 0.381. The zero-order valence-corrected chi connectivity index (χ0v) is 15.3. The minimum atomic E-state index is -0.447. The van der Waals surface area contributed by atoms with Crippen molar-refractivity contribution in [3.8, 4) is 5.75 Å². The number of carbonyl (C=O) groups is 1. The quantitative estimate of drug-likeness (QED) is 0.541. The van der Waals surface area contributed by atoms with Crippen LogP contribution in [0.4, 0.5) is 15.8 Å². The van der Waals surface area contributed by atoms with E-state index in [9.17, 15) is 9.18 Å². The third-order valence-electron chi connectivity index (χ3n) is 3.97. The summed E-state index contributed by atoms with van der Waals surface area (Å²) < 4.78 is 19.2. The molecule has 2 rings (SSSR count). The average Bonchev–Trinajstić information content (AvgIpc) is 2.66. The van der Waals surface area contributed by atoms with Crippen molar-refractivity contribution in [2.24, 2.45) is 0 Å². The molecule has 5 heteroatoms. The van der Waals surface area contributed by atoms with E-state index in [1.807, 2.05) is 24.3 Å². The first-order chi connectivity index (χ1) is 12.7. The molecule has 1 amide bonds. The lowest BCUT2D eigenvalue weighted by Crippen LogP contribution is -2.22. The second-order valence-corrected chi connectivity index (χ2v) is 6.17. The highest BCUT2D eigenvalue weighted by Crippen LogP contribution is 2.16. The fourth-order valence-corrected chi connectivity index (χ4v) is 2.50. The number of unbranched alkanes of at least 4 members (excludes halogenated alkanes) is 4. The molecule has 0 radical (unpaired) electrons. The van der Waals surface area contributed by atoms with Gasteiger partial charge in [0.2, 0.25) is 5.91 Å². The summed E-state index contributed by atoms with van der Waals surface area (Å²) in [6.07, 6.45) is 6.05. The summed E-state index contributed by atoms with van der Waals surface area (Å²) >= 11 is 0. The number of rotatable bonds is 11. The van der Waals surface area contributed by atoms with Crippen LogP contribution in [0.3, 0.4) is 0 Å². The second kappa shape index (κ2) is 11.1. The Kier molecular flexibility index (Phi) is 8.46. The topological polar surface area (TPSA) is 50.4 Å². The van der Waals surface area contributed by atoms with Crippen LogP contribution in [-0.4, -0.2) is 19.1 Å². The number of benzene rings is 2. The number of halogens is 1. The van der Waals surface area contributed by atoms with Gasteiger partial charge in [-0.3, -0.25) is 4.79 Å². The molecule has 0 aliphatic carbocycles. The number of amides is 1. The van der Waals surface area contributed by atoms with Crippen molar-refractivity contribution in [2.75, 3.05) is 23.8 Å². The van der Waals surface area contributed by atoms with Crippen LogP contribution >= 0.6 is 0 Å². The lowest BCUT2D eigenvalue weighted by molar-refractivity contribution is -0.114. The van der Waals surface area contributed by atoms with E-state index >= 15 is 0 Å². The zero-order chi connectivity index (χ0) is 18.6. The van der Waals surface area contributed by atoms with Gasteiger partial charge in [-0.05, 0) is 42.8 Å². The Morgan fingerprint density at radius 3 is 2.46 bits per heavy atom. The molecule has 2 aromatic rings. The molecule has 2 N–H and O–H groups in total. The van der Waals surface area contributed by atoms with Gasteiger partial charge in [0.25, 0.3) is 0 Å². The molecule has 0 spiro atoms. The number of nitrogens with one attached hydrogen (secondary N) is 2. The highest BCUT2D eigenvalue weighted by Gasteiger charge is 2.06. The lowest BCUT2D eigenvalue weighted by Gasteiger charge is -2.10. The van der Waals surface area contributed by atoms with E-state index in [0.717, 1.165) is 24.5 Å². The van der Waals surface area contributed by atoms with Gasteiger partial charge < -0.3 is 15.4 Å². The first kappa shape index (κ1) is 19.8. The zero-order valence-electron chi connectivity index (χ0n) is 15.3. The maximum atomic E-state index is 13.5. The monoisotopic (exact) mass is 358 g/mol. The highest BCUT2D eigenvalue weighted by atomic mass is 19.1. The molecule has 0 aromatic heterocycles. The molecule has 0 saturated carbocycles. The second-order valence-electron chi connectivity index (χ2n) is 6.17. The van der Waals surface area contributed by atoms with Crippen molar-refractivity contribution in [1.82, 2.24) is 0 Å². The molecule has 0 atom stereocenters. The first-order valence-electron chi connectivity index (χ1n) is 9.20. The maximum Gasteiger partial charge on any atom is 0.243 e. The molecule has 26 heavy (non-hydrogen) atoms. The maximum absolute atomic E-state index is 13.5. The Hall–Kier alpha value is -2.56. The molecule has 4 nitrogen and oxygen atoms in total. The van der Waals surface area contributed by atoms with Crippen LogP contribution in [0, 0.1) is 5.82 Å². The molecule has 0 fully saturated rings. The summed E-state index contributed by atoms with van der Waals surface area (Å²) in [4.78, 5) is 11.9. The van der Waals surface area contributed by atoms with Crippen molar-refractivity contribution >= 4 is 17.3 Å². The number of hydrogen-bond donors (Lipinski definition) is 2. The molecule has 2 aromatic carbocycles. The average molecular weight is 358 g/mol. The number of carbonyl (C=O) groups excluding carboxylic acids is 1. The van der Waals surface area contributed by atoms with Crippen molar-refractivity contribution in [3.63, 3.8) is 0 Å². The van der Waals surface area contributed by atoms with Crippen molar-refractivity contribution < 1.29 is 13.9 Å². The number of hydrogen-bond acceptors (Lipinski definition) is 3. The van der Waals surface area contributed by atoms with Crippen LogP contribution in [0.5, 0.6) is 5.75 Å². The van der Waals surface area contributed by atoms with Crippen LogP contribution in [-0.2, 0) is 4.79 Å². The molecule has 140 valence electrons. The first-order valence-corrected chi connectivity index (χ1v) is 9.20. The number of ether oxygens (including phenoxy) is 1. The third kappa shape index (κ3) is 7.13. The van der Waals surface area contributed by atoms with Crippen LogP contribution in [0.15, 0.2) is 48.5 Å². The molecule has 0 aliphatic heterocycles. The summed E-state index contributed by atoms with van der Waals surface area (Å²) in [5, 5.41) is 5.55. The number of anilines is 2. The molecule has 0 unspecified atom stereocenters. The Bertz CT molecular complexity index is 674. The highest BCUT2D eigenvalue weighted by molar-refractivity contribution is 5.93. The van der Waals surface area contributed by atoms with Gasteiger partial charge in [-0.15, -0.1) is 0 Å². The molecule has 0 aliphatic rings. The minimum absolute atomic E-state index is 0.0615. The van der Waals surface area contributed by atoms with Crippen molar-refractivity contribution in [1.29, 1.82) is 0 Å². The van der Waals surface area contributed by atoms with Gasteiger partial charge in [-0.1, -0.05) is 44.7 Å². The standard InChI is InChI=1S/C21H27FN2O2/c1-2-3-4-5-8-15-26-18-13-11-17(12-14-18)23-16-21(25)24-20-10-7-6-9-19(20)22/h6-7,9-14,23H,2-5,8,15-16H2,1H3,(H,24,25). The normalized spacial score (nSPS) is 10.4. The number of para-hydroxylation sites is 1. The van der Waals surface area contributed by atoms with Gasteiger partial charge in [0.1, 0.15) is 11.6 Å². The SMILES string of the molecule is CCCCCCCOc1ccc(NCC(=O)Nc2ccccc2F)cc1. The van der Waals surface area contributed by atoms with Gasteiger partial charge in [0.15, 0.2) is 0 Å². The van der Waals surface area contributed by atoms with E-state index in [-0.39, 0.29) is 18.1 Å². The van der Waals surface area contributed by atoms with Crippen molar-refractivity contribution in [3.05, 3.63) is 54.3 Å². The van der Waals surface area contributed by atoms with Gasteiger partial charge in [0.05, 0.1) is 18.8 Å².